The highest BCUT2D eigenvalue weighted by molar-refractivity contribution is 7.84. The maximum Gasteiger partial charge on any atom is 0.362 e. The van der Waals surface area contributed by atoms with Gasteiger partial charge in [-0.2, -0.15) is 0 Å². The van der Waals surface area contributed by atoms with E-state index in [0.717, 1.165) is 22.3 Å². The fourth-order valence-electron chi connectivity index (χ4n) is 3.23. The summed E-state index contributed by atoms with van der Waals surface area (Å²) in [6.07, 6.45) is 0. The summed E-state index contributed by atoms with van der Waals surface area (Å²) in [5.41, 5.74) is 3.18. The molecule has 0 bridgehead atoms. The molecule has 1 N–H and O–H groups in total. The smallest absolute Gasteiger partial charge is 0.362 e. The number of ether oxygens (including phenoxy) is 1. The predicted octanol–water partition coefficient (Wildman–Crippen LogP) is 3.56. The Kier molecular flexibility index (Phi) is 5.24. The van der Waals surface area contributed by atoms with Gasteiger partial charge in [0.25, 0.3) is 0 Å². The molecule has 0 heterocycles. The first-order valence-corrected chi connectivity index (χ1v) is 9.74. The fraction of sp³-hybridized carbons (Fsp3) is 0.300. The minimum Gasteiger partial charge on any atom is -0.460 e. The maximum atomic E-state index is 12.2. The largest absolute Gasteiger partial charge is 0.460 e. The standard InChI is InChI=1S/C20H23NO4P/c1-21(2,3)12-19(22)26(24)20(23)25-13-18-16-10-6-4-8-14(16)15-9-5-7-11-17(15)18/h4-11,18,24H,12-13H2,1-3H3/q+1. The molecule has 6 heteroatoms. The molecule has 0 saturated heterocycles. The third-order valence-corrected chi connectivity index (χ3v) is 5.44. The van der Waals surface area contributed by atoms with Gasteiger partial charge in [0, 0.05) is 5.92 Å². The van der Waals surface area contributed by atoms with Gasteiger partial charge in [-0.1, -0.05) is 48.5 Å². The van der Waals surface area contributed by atoms with E-state index in [-0.39, 0.29) is 19.1 Å². The number of hydrogen-bond acceptors (Lipinski definition) is 4. The molecule has 1 unspecified atom stereocenters. The van der Waals surface area contributed by atoms with Crippen LogP contribution in [0.3, 0.4) is 0 Å². The first-order chi connectivity index (χ1) is 12.3. The normalized spacial score (nSPS) is 14.5. The SMILES string of the molecule is C[N+](C)(C)CC(=O)P(O)C(=O)OCC1c2ccccc2-c2ccccc21. The lowest BCUT2D eigenvalue weighted by molar-refractivity contribution is -0.861. The molecule has 0 fully saturated rings. The van der Waals surface area contributed by atoms with Gasteiger partial charge in [0.2, 0.25) is 13.7 Å². The van der Waals surface area contributed by atoms with E-state index in [4.69, 9.17) is 4.74 Å². The van der Waals surface area contributed by atoms with Gasteiger partial charge in [0.15, 0.2) is 0 Å². The van der Waals surface area contributed by atoms with Gasteiger partial charge in [-0.15, -0.1) is 0 Å². The van der Waals surface area contributed by atoms with Crippen molar-refractivity contribution in [3.05, 3.63) is 59.7 Å². The van der Waals surface area contributed by atoms with Gasteiger partial charge in [-0.25, -0.2) is 4.79 Å². The molecule has 0 aromatic heterocycles. The first kappa shape index (κ1) is 18.7. The van der Waals surface area contributed by atoms with Crippen LogP contribution in [0.4, 0.5) is 4.79 Å². The van der Waals surface area contributed by atoms with Gasteiger partial charge in [-0.3, -0.25) is 4.79 Å². The summed E-state index contributed by atoms with van der Waals surface area (Å²) in [4.78, 5) is 34.3. The summed E-state index contributed by atoms with van der Waals surface area (Å²) < 4.78 is 5.71. The molecule has 1 aliphatic carbocycles. The minimum atomic E-state index is -2.44. The van der Waals surface area contributed by atoms with Crippen LogP contribution in [-0.2, 0) is 9.53 Å². The van der Waals surface area contributed by atoms with Gasteiger partial charge < -0.3 is 14.1 Å². The Morgan fingerprint density at radius 2 is 1.50 bits per heavy atom. The number of rotatable bonds is 6. The Morgan fingerprint density at radius 1 is 1.00 bits per heavy atom. The Balaban J connectivity index is 1.72. The molecule has 3 rings (SSSR count). The molecule has 0 saturated carbocycles. The first-order valence-electron chi connectivity index (χ1n) is 8.45. The molecule has 0 amide bonds. The molecule has 2 aromatic rings. The van der Waals surface area contributed by atoms with Gasteiger partial charge in [-0.05, 0) is 22.3 Å². The van der Waals surface area contributed by atoms with E-state index < -0.39 is 19.4 Å². The van der Waals surface area contributed by atoms with Crippen LogP contribution in [0.15, 0.2) is 48.5 Å². The fourth-order valence-corrected chi connectivity index (χ4v) is 4.19. The molecular weight excluding hydrogens is 349 g/mol. The zero-order valence-electron chi connectivity index (χ0n) is 15.2. The van der Waals surface area contributed by atoms with Crippen LogP contribution < -0.4 is 0 Å². The van der Waals surface area contributed by atoms with Crippen molar-refractivity contribution in [1.82, 2.24) is 0 Å². The van der Waals surface area contributed by atoms with Crippen molar-refractivity contribution < 1.29 is 23.7 Å². The molecule has 2 aromatic carbocycles. The summed E-state index contributed by atoms with van der Waals surface area (Å²) in [6, 6.07) is 16.1. The Bertz CT molecular complexity index is 798. The number of likely N-dealkylation sites (N-methyl/N-ethyl adjacent to an activating group) is 1. The molecule has 1 aliphatic rings. The summed E-state index contributed by atoms with van der Waals surface area (Å²) in [5, 5.41) is 0. The molecule has 1 atom stereocenters. The summed E-state index contributed by atoms with van der Waals surface area (Å²) >= 11 is 0. The second kappa shape index (κ2) is 7.28. The van der Waals surface area contributed by atoms with E-state index in [2.05, 4.69) is 12.1 Å². The number of quaternary nitrogens is 1. The van der Waals surface area contributed by atoms with Crippen LogP contribution in [0, 0.1) is 0 Å². The van der Waals surface area contributed by atoms with Gasteiger partial charge >= 0.3 is 5.71 Å². The molecule has 5 nitrogen and oxygen atoms in total. The summed E-state index contributed by atoms with van der Waals surface area (Å²) in [7, 11) is 3.06. The Morgan fingerprint density at radius 3 is 2.00 bits per heavy atom. The van der Waals surface area contributed by atoms with Crippen molar-refractivity contribution in [2.24, 2.45) is 0 Å². The topological polar surface area (TPSA) is 63.6 Å². The molecular formula is C20H23NO4P+. The van der Waals surface area contributed by atoms with Crippen molar-refractivity contribution in [2.75, 3.05) is 34.3 Å². The van der Waals surface area contributed by atoms with E-state index in [9.17, 15) is 14.5 Å². The number of nitrogens with zero attached hydrogens (tertiary/aromatic N) is 1. The van der Waals surface area contributed by atoms with E-state index in [1.54, 1.807) is 0 Å². The van der Waals surface area contributed by atoms with Crippen molar-refractivity contribution >= 4 is 19.4 Å². The maximum absolute atomic E-state index is 12.2. The quantitative estimate of drug-likeness (QED) is 0.622. The zero-order valence-corrected chi connectivity index (χ0v) is 16.1. The van der Waals surface area contributed by atoms with Crippen LogP contribution in [0.5, 0.6) is 0 Å². The van der Waals surface area contributed by atoms with E-state index in [1.165, 1.54) is 0 Å². The van der Waals surface area contributed by atoms with E-state index in [1.807, 2.05) is 57.5 Å². The number of fused-ring (bicyclic) bond motifs is 3. The summed E-state index contributed by atoms with van der Waals surface area (Å²) in [6.45, 7) is 0.205. The zero-order chi connectivity index (χ0) is 18.9. The third kappa shape index (κ3) is 3.85. The van der Waals surface area contributed by atoms with Crippen LogP contribution in [0.25, 0.3) is 11.1 Å². The van der Waals surface area contributed by atoms with Crippen LogP contribution in [-0.4, -0.2) is 54.9 Å². The van der Waals surface area contributed by atoms with Crippen molar-refractivity contribution in [3.8, 4) is 11.1 Å². The van der Waals surface area contributed by atoms with Gasteiger partial charge in [0.05, 0.1) is 21.1 Å². The van der Waals surface area contributed by atoms with Crippen molar-refractivity contribution in [1.29, 1.82) is 0 Å². The van der Waals surface area contributed by atoms with Crippen molar-refractivity contribution in [2.45, 2.75) is 5.92 Å². The predicted molar refractivity (Wildman–Crippen MR) is 102 cm³/mol. The highest BCUT2D eigenvalue weighted by Gasteiger charge is 2.33. The van der Waals surface area contributed by atoms with E-state index in [0.29, 0.717) is 4.48 Å². The number of hydrogen-bond donors (Lipinski definition) is 1. The number of carbonyl (C=O) groups excluding carboxylic acids is 2. The monoisotopic (exact) mass is 372 g/mol. The molecule has 0 radical (unpaired) electrons. The molecule has 0 spiro atoms. The molecule has 26 heavy (non-hydrogen) atoms. The van der Waals surface area contributed by atoms with E-state index >= 15 is 0 Å². The second-order valence-corrected chi connectivity index (χ2v) is 8.95. The average molecular weight is 372 g/mol. The lowest BCUT2D eigenvalue weighted by Gasteiger charge is -2.23. The van der Waals surface area contributed by atoms with Crippen LogP contribution >= 0.6 is 8.15 Å². The highest BCUT2D eigenvalue weighted by Crippen LogP contribution is 2.45. The van der Waals surface area contributed by atoms with Crippen LogP contribution in [0.2, 0.25) is 0 Å². The van der Waals surface area contributed by atoms with Crippen LogP contribution in [0.1, 0.15) is 17.0 Å². The lowest BCUT2D eigenvalue weighted by Crippen LogP contribution is -2.39. The second-order valence-electron chi connectivity index (χ2n) is 7.46. The summed E-state index contributed by atoms with van der Waals surface area (Å²) in [5.74, 6) is -0.0803. The number of carbonyl (C=O) groups is 2. The van der Waals surface area contributed by atoms with Crippen molar-refractivity contribution in [3.63, 3.8) is 0 Å². The lowest BCUT2D eigenvalue weighted by atomic mass is 9.98. The third-order valence-electron chi connectivity index (χ3n) is 4.35. The molecule has 136 valence electrons. The Labute approximate surface area is 154 Å². The van der Waals surface area contributed by atoms with Gasteiger partial charge in [0.1, 0.15) is 13.2 Å². The average Bonchev–Trinajstić information content (AvgIpc) is 2.91. The number of benzene rings is 2. The minimum absolute atomic E-state index is 0.0803. The highest BCUT2D eigenvalue weighted by atomic mass is 31.1. The molecule has 0 aliphatic heterocycles. The Hall–Kier alpha value is -2.07.